The first-order chi connectivity index (χ1) is 14.4. The number of carbonyl (C=O) groups is 2. The third kappa shape index (κ3) is 5.17. The van der Waals surface area contributed by atoms with Gasteiger partial charge >= 0.3 is 0 Å². The van der Waals surface area contributed by atoms with Crippen LogP contribution in [0, 0.1) is 12.8 Å². The molecule has 8 heteroatoms. The third-order valence-electron chi connectivity index (χ3n) is 5.66. The van der Waals surface area contributed by atoms with E-state index in [1.165, 1.54) is 0 Å². The highest BCUT2D eigenvalue weighted by Crippen LogP contribution is 2.26. The molecule has 1 aliphatic carbocycles. The molecule has 1 saturated carbocycles. The number of hydrogen-bond acceptors (Lipinski definition) is 5. The smallest absolute Gasteiger partial charge is 0.255 e. The molecular weight excluding hydrogens is 382 g/mol. The molecule has 8 nitrogen and oxygen atoms in total. The molecular formula is C22H31N5O3. The van der Waals surface area contributed by atoms with Gasteiger partial charge in [-0.1, -0.05) is 11.6 Å². The van der Waals surface area contributed by atoms with Crippen LogP contribution in [0.2, 0.25) is 0 Å². The number of ether oxygens (including phenoxy) is 1. The number of amides is 2. The normalized spacial score (nSPS) is 18.8. The van der Waals surface area contributed by atoms with Crippen molar-refractivity contribution in [1.82, 2.24) is 25.4 Å². The minimum Gasteiger partial charge on any atom is -0.496 e. The molecule has 2 amide bonds. The molecule has 0 aliphatic heterocycles. The Morgan fingerprint density at radius 1 is 1.23 bits per heavy atom. The molecule has 0 saturated heterocycles. The predicted octanol–water partition coefficient (Wildman–Crippen LogP) is 2.78. The molecule has 162 valence electrons. The van der Waals surface area contributed by atoms with Crippen LogP contribution >= 0.6 is 0 Å². The van der Waals surface area contributed by atoms with Gasteiger partial charge in [-0.2, -0.15) is 0 Å². The summed E-state index contributed by atoms with van der Waals surface area (Å²) < 4.78 is 7.27. The number of methoxy groups -OCH3 is 1. The van der Waals surface area contributed by atoms with Gasteiger partial charge in [-0.25, -0.2) is 0 Å². The average molecular weight is 414 g/mol. The topological polar surface area (TPSA) is 98.1 Å². The zero-order valence-corrected chi connectivity index (χ0v) is 18.1. The van der Waals surface area contributed by atoms with Crippen LogP contribution in [0.3, 0.4) is 0 Å². The highest BCUT2D eigenvalue weighted by Gasteiger charge is 2.28. The maximum atomic E-state index is 12.7. The van der Waals surface area contributed by atoms with Gasteiger partial charge < -0.3 is 19.9 Å². The van der Waals surface area contributed by atoms with Gasteiger partial charge in [0.15, 0.2) is 5.82 Å². The fourth-order valence-electron chi connectivity index (χ4n) is 3.90. The van der Waals surface area contributed by atoms with E-state index in [2.05, 4.69) is 34.7 Å². The number of nitrogens with one attached hydrogen (secondary N) is 2. The first-order valence-corrected chi connectivity index (χ1v) is 10.5. The van der Waals surface area contributed by atoms with Crippen LogP contribution in [-0.4, -0.2) is 39.7 Å². The van der Waals surface area contributed by atoms with Gasteiger partial charge in [0.05, 0.1) is 19.2 Å². The second-order valence-electron chi connectivity index (χ2n) is 8.19. The molecule has 1 aliphatic rings. The fourth-order valence-corrected chi connectivity index (χ4v) is 3.90. The van der Waals surface area contributed by atoms with Crippen molar-refractivity contribution in [2.75, 3.05) is 7.11 Å². The van der Waals surface area contributed by atoms with E-state index in [1.54, 1.807) is 13.4 Å². The van der Waals surface area contributed by atoms with E-state index in [9.17, 15) is 9.59 Å². The fraction of sp³-hybridized carbons (Fsp3) is 0.545. The van der Waals surface area contributed by atoms with Crippen LogP contribution in [-0.2, 0) is 11.3 Å². The number of hydrogen-bond donors (Lipinski definition) is 2. The van der Waals surface area contributed by atoms with E-state index in [-0.39, 0.29) is 29.8 Å². The minimum atomic E-state index is -0.128. The predicted molar refractivity (Wildman–Crippen MR) is 113 cm³/mol. The number of aryl methyl sites for hydroxylation is 1. The molecule has 30 heavy (non-hydrogen) atoms. The Morgan fingerprint density at radius 2 is 1.97 bits per heavy atom. The van der Waals surface area contributed by atoms with Crippen molar-refractivity contribution in [3.8, 4) is 5.75 Å². The Balaban J connectivity index is 1.48. The molecule has 2 aromatic rings. The third-order valence-corrected chi connectivity index (χ3v) is 5.66. The van der Waals surface area contributed by atoms with E-state index in [4.69, 9.17) is 4.74 Å². The van der Waals surface area contributed by atoms with Crippen molar-refractivity contribution in [3.63, 3.8) is 0 Å². The number of benzene rings is 1. The molecule has 1 aromatic carbocycles. The number of rotatable bonds is 7. The van der Waals surface area contributed by atoms with Crippen molar-refractivity contribution in [3.05, 3.63) is 41.5 Å². The summed E-state index contributed by atoms with van der Waals surface area (Å²) in [5.41, 5.74) is 1.56. The SMILES string of the molecule is COc1ccc(C)cc1C(=O)NC1CCC(C(=O)NCc2nncn2C(C)C)CC1. The quantitative estimate of drug-likeness (QED) is 0.727. The van der Waals surface area contributed by atoms with Crippen molar-refractivity contribution < 1.29 is 14.3 Å². The zero-order chi connectivity index (χ0) is 21.7. The van der Waals surface area contributed by atoms with Crippen LogP contribution < -0.4 is 15.4 Å². The van der Waals surface area contributed by atoms with Crippen molar-refractivity contribution >= 4 is 11.8 Å². The molecule has 0 atom stereocenters. The second kappa shape index (κ2) is 9.73. The Hall–Kier alpha value is -2.90. The van der Waals surface area contributed by atoms with Gasteiger partial charge in [-0.3, -0.25) is 9.59 Å². The van der Waals surface area contributed by atoms with Crippen molar-refractivity contribution in [2.45, 2.75) is 65.1 Å². The second-order valence-corrected chi connectivity index (χ2v) is 8.19. The molecule has 0 unspecified atom stereocenters. The molecule has 1 heterocycles. The highest BCUT2D eigenvalue weighted by molar-refractivity contribution is 5.97. The lowest BCUT2D eigenvalue weighted by molar-refractivity contribution is -0.126. The Morgan fingerprint density at radius 3 is 2.63 bits per heavy atom. The van der Waals surface area contributed by atoms with Crippen LogP contribution in [0.1, 0.15) is 67.3 Å². The molecule has 0 radical (unpaired) electrons. The van der Waals surface area contributed by atoms with Gasteiger partial charge in [0.1, 0.15) is 12.1 Å². The largest absolute Gasteiger partial charge is 0.496 e. The lowest BCUT2D eigenvalue weighted by Gasteiger charge is -2.28. The van der Waals surface area contributed by atoms with E-state index >= 15 is 0 Å². The molecule has 0 spiro atoms. The molecule has 1 fully saturated rings. The van der Waals surface area contributed by atoms with Crippen LogP contribution in [0.15, 0.2) is 24.5 Å². The Labute approximate surface area is 177 Å². The van der Waals surface area contributed by atoms with Crippen LogP contribution in [0.4, 0.5) is 0 Å². The summed E-state index contributed by atoms with van der Waals surface area (Å²) in [6, 6.07) is 5.88. The molecule has 0 bridgehead atoms. The lowest BCUT2D eigenvalue weighted by atomic mass is 9.85. The summed E-state index contributed by atoms with van der Waals surface area (Å²) in [5, 5.41) is 14.1. The summed E-state index contributed by atoms with van der Waals surface area (Å²) in [6.45, 7) is 6.43. The van der Waals surface area contributed by atoms with E-state index < -0.39 is 0 Å². The summed E-state index contributed by atoms with van der Waals surface area (Å²) in [5.74, 6) is 1.20. The number of carbonyl (C=O) groups excluding carboxylic acids is 2. The monoisotopic (exact) mass is 413 g/mol. The maximum absolute atomic E-state index is 12.7. The average Bonchev–Trinajstić information content (AvgIpc) is 3.21. The standard InChI is InChI=1S/C22H31N5O3/c1-14(2)27-13-24-26-20(27)12-23-21(28)16-6-8-17(9-7-16)25-22(29)18-11-15(3)5-10-19(18)30-4/h5,10-11,13-14,16-17H,6-9,12H2,1-4H3,(H,23,28)(H,25,29). The van der Waals surface area contributed by atoms with Gasteiger partial charge in [0.2, 0.25) is 5.91 Å². The lowest BCUT2D eigenvalue weighted by Crippen LogP contribution is -2.41. The van der Waals surface area contributed by atoms with Crippen molar-refractivity contribution in [2.24, 2.45) is 5.92 Å². The van der Waals surface area contributed by atoms with Gasteiger partial charge in [0, 0.05) is 18.0 Å². The van der Waals surface area contributed by atoms with Gasteiger partial charge in [-0.05, 0) is 58.6 Å². The molecule has 3 rings (SSSR count). The molecule has 1 aromatic heterocycles. The summed E-state index contributed by atoms with van der Waals surface area (Å²) in [6.07, 6.45) is 4.74. The van der Waals surface area contributed by atoms with Gasteiger partial charge in [-0.15, -0.1) is 10.2 Å². The van der Waals surface area contributed by atoms with Gasteiger partial charge in [0.25, 0.3) is 5.91 Å². The summed E-state index contributed by atoms with van der Waals surface area (Å²) >= 11 is 0. The van der Waals surface area contributed by atoms with E-state index in [0.29, 0.717) is 17.9 Å². The summed E-state index contributed by atoms with van der Waals surface area (Å²) in [4.78, 5) is 25.3. The van der Waals surface area contributed by atoms with E-state index in [0.717, 1.165) is 37.1 Å². The Bertz CT molecular complexity index is 885. The highest BCUT2D eigenvalue weighted by atomic mass is 16.5. The van der Waals surface area contributed by atoms with Crippen LogP contribution in [0.25, 0.3) is 0 Å². The first-order valence-electron chi connectivity index (χ1n) is 10.5. The Kier molecular flexibility index (Phi) is 7.07. The number of aromatic nitrogens is 3. The number of nitrogens with zero attached hydrogens (tertiary/aromatic N) is 3. The first kappa shape index (κ1) is 21.8. The summed E-state index contributed by atoms with van der Waals surface area (Å²) in [7, 11) is 1.56. The van der Waals surface area contributed by atoms with E-state index in [1.807, 2.05) is 29.7 Å². The minimum absolute atomic E-state index is 0.0397. The maximum Gasteiger partial charge on any atom is 0.255 e. The van der Waals surface area contributed by atoms with Crippen LogP contribution in [0.5, 0.6) is 5.75 Å². The van der Waals surface area contributed by atoms with Crippen molar-refractivity contribution in [1.29, 1.82) is 0 Å². The zero-order valence-electron chi connectivity index (χ0n) is 18.1. The molecule has 2 N–H and O–H groups in total.